The maximum Gasteiger partial charge on any atom is 0.469 e. The van der Waals surface area contributed by atoms with Crippen molar-refractivity contribution in [3.8, 4) is 21.8 Å². The van der Waals surface area contributed by atoms with E-state index >= 15 is 0 Å². The van der Waals surface area contributed by atoms with E-state index in [1.807, 2.05) is 12.1 Å². The smallest absolute Gasteiger partial charge is 0.261 e. The molecule has 0 spiro atoms. The third-order valence-corrected chi connectivity index (χ3v) is 7.50. The lowest BCUT2D eigenvalue weighted by Gasteiger charge is -2.19. The van der Waals surface area contributed by atoms with Crippen LogP contribution < -0.4 is 0 Å². The van der Waals surface area contributed by atoms with E-state index in [9.17, 15) is 30.4 Å². The van der Waals surface area contributed by atoms with Crippen molar-refractivity contribution in [3.63, 3.8) is 0 Å². The number of nitrogens with zero attached hydrogens (tertiary/aromatic N) is 2. The van der Waals surface area contributed by atoms with Crippen molar-refractivity contribution >= 4 is 32.8 Å². The summed E-state index contributed by atoms with van der Waals surface area (Å²) in [7, 11) is -5.85. The second kappa shape index (κ2) is 9.27. The van der Waals surface area contributed by atoms with Crippen molar-refractivity contribution in [2.24, 2.45) is 5.92 Å². The minimum absolute atomic E-state index is 0.0231. The Hall–Kier alpha value is -2.11. The van der Waals surface area contributed by atoms with Gasteiger partial charge in [-0.1, -0.05) is 37.6 Å². The fourth-order valence-electron chi connectivity index (χ4n) is 3.01. The van der Waals surface area contributed by atoms with Gasteiger partial charge in [-0.05, 0) is 36.1 Å². The number of aromatic nitrogens is 2. The SMILES string of the molecule is CC(C)Cc1cc(-c2nc(-c3ccc(CS(=O)(=O)C(F)(F)C(F)(F)F)cc3Cl)cs2)ccn1. The second-order valence-corrected chi connectivity index (χ2v) is 11.1. The fraction of sp³-hybridized carbons (Fsp3) is 0.333. The molecular weight excluding hydrogens is 507 g/mol. The number of halogens is 6. The second-order valence-electron chi connectivity index (χ2n) is 7.76. The van der Waals surface area contributed by atoms with Crippen molar-refractivity contribution in [1.82, 2.24) is 9.97 Å². The predicted molar refractivity (Wildman–Crippen MR) is 118 cm³/mol. The maximum absolute atomic E-state index is 13.3. The van der Waals surface area contributed by atoms with Gasteiger partial charge in [0.15, 0.2) is 0 Å². The van der Waals surface area contributed by atoms with Gasteiger partial charge in [0.25, 0.3) is 0 Å². The Kier molecular flexibility index (Phi) is 7.16. The van der Waals surface area contributed by atoms with Crippen LogP contribution in [0.2, 0.25) is 5.02 Å². The molecule has 0 bridgehead atoms. The van der Waals surface area contributed by atoms with E-state index in [1.54, 1.807) is 11.6 Å². The summed E-state index contributed by atoms with van der Waals surface area (Å²) in [5.74, 6) is -1.09. The molecule has 0 unspecified atom stereocenters. The molecular formula is C21H18ClF5N2O2S2. The number of pyridine rings is 1. The Balaban J connectivity index is 1.85. The fourth-order valence-corrected chi connectivity index (χ4v) is 5.28. The molecule has 0 atom stereocenters. The normalized spacial score (nSPS) is 13.0. The van der Waals surface area contributed by atoms with Crippen LogP contribution in [0.15, 0.2) is 41.9 Å². The van der Waals surface area contributed by atoms with Crippen LogP contribution in [-0.4, -0.2) is 29.8 Å². The van der Waals surface area contributed by atoms with Gasteiger partial charge in [-0.15, -0.1) is 11.3 Å². The highest BCUT2D eigenvalue weighted by Gasteiger charge is 2.66. The molecule has 0 aliphatic rings. The third-order valence-electron chi connectivity index (χ3n) is 4.57. The first kappa shape index (κ1) is 25.5. The zero-order valence-electron chi connectivity index (χ0n) is 17.3. The average molecular weight is 525 g/mol. The van der Waals surface area contributed by atoms with E-state index in [0.29, 0.717) is 22.2 Å². The van der Waals surface area contributed by atoms with Gasteiger partial charge in [-0.25, -0.2) is 13.4 Å². The minimum atomic E-state index is -6.21. The maximum atomic E-state index is 13.3. The topological polar surface area (TPSA) is 59.9 Å². The molecule has 33 heavy (non-hydrogen) atoms. The van der Waals surface area contributed by atoms with Crippen LogP contribution in [0, 0.1) is 5.92 Å². The third kappa shape index (κ3) is 5.52. The number of rotatable bonds is 7. The van der Waals surface area contributed by atoms with Gasteiger partial charge in [-0.3, -0.25) is 4.98 Å². The van der Waals surface area contributed by atoms with Crippen molar-refractivity contribution in [2.75, 3.05) is 0 Å². The number of benzene rings is 1. The Morgan fingerprint density at radius 1 is 1.09 bits per heavy atom. The Morgan fingerprint density at radius 2 is 1.79 bits per heavy atom. The molecule has 0 N–H and O–H groups in total. The van der Waals surface area contributed by atoms with Gasteiger partial charge < -0.3 is 0 Å². The molecule has 178 valence electrons. The number of alkyl halides is 5. The Labute approximate surface area is 196 Å². The van der Waals surface area contributed by atoms with Crippen LogP contribution >= 0.6 is 22.9 Å². The molecule has 0 aliphatic heterocycles. The van der Waals surface area contributed by atoms with Crippen molar-refractivity contribution in [1.29, 1.82) is 0 Å². The van der Waals surface area contributed by atoms with Crippen molar-refractivity contribution in [2.45, 2.75) is 37.5 Å². The summed E-state index contributed by atoms with van der Waals surface area (Å²) < 4.78 is 87.4. The van der Waals surface area contributed by atoms with Gasteiger partial charge in [0, 0.05) is 28.4 Å². The summed E-state index contributed by atoms with van der Waals surface area (Å²) in [6, 6.07) is 7.26. The minimum Gasteiger partial charge on any atom is -0.261 e. The molecule has 4 nitrogen and oxygen atoms in total. The van der Waals surface area contributed by atoms with Crippen molar-refractivity contribution < 1.29 is 30.4 Å². The highest BCUT2D eigenvalue weighted by Crippen LogP contribution is 2.42. The van der Waals surface area contributed by atoms with E-state index in [1.165, 1.54) is 17.4 Å². The van der Waals surface area contributed by atoms with E-state index in [2.05, 4.69) is 23.8 Å². The molecule has 0 radical (unpaired) electrons. The molecule has 0 fully saturated rings. The van der Waals surface area contributed by atoms with Crippen LogP contribution in [0.4, 0.5) is 22.0 Å². The molecule has 3 rings (SSSR count). The Bertz CT molecular complexity index is 1260. The summed E-state index contributed by atoms with van der Waals surface area (Å²) in [5.41, 5.74) is 2.32. The quantitative estimate of drug-likeness (QED) is 0.319. The van der Waals surface area contributed by atoms with Crippen LogP contribution in [0.1, 0.15) is 25.1 Å². The van der Waals surface area contributed by atoms with Crippen LogP contribution in [0.3, 0.4) is 0 Å². The van der Waals surface area contributed by atoms with Crippen LogP contribution in [0.25, 0.3) is 21.8 Å². The number of sulfone groups is 1. The lowest BCUT2D eigenvalue weighted by atomic mass is 10.1. The highest BCUT2D eigenvalue weighted by molar-refractivity contribution is 7.91. The summed E-state index contributed by atoms with van der Waals surface area (Å²) in [6.07, 6.45) is -3.72. The monoisotopic (exact) mass is 524 g/mol. The summed E-state index contributed by atoms with van der Waals surface area (Å²) in [6.45, 7) is 4.16. The van der Waals surface area contributed by atoms with Gasteiger partial charge in [0.05, 0.1) is 16.5 Å². The molecule has 1 aromatic carbocycles. The Morgan fingerprint density at radius 3 is 2.39 bits per heavy atom. The number of hydrogen-bond acceptors (Lipinski definition) is 5. The number of hydrogen-bond donors (Lipinski definition) is 0. The predicted octanol–water partition coefficient (Wildman–Crippen LogP) is 6.79. The first-order valence-electron chi connectivity index (χ1n) is 9.57. The standard InChI is InChI=1S/C21H18ClF5N2O2S2/c1-12(2)7-15-9-14(5-6-28-15)19-29-18(10-32-19)16-4-3-13(8-17(16)22)11-33(30,31)21(26,27)20(23,24)25/h3-6,8-10,12H,7,11H2,1-2H3. The highest BCUT2D eigenvalue weighted by atomic mass is 35.5. The molecule has 0 saturated carbocycles. The summed E-state index contributed by atoms with van der Waals surface area (Å²) in [4.78, 5) is 8.87. The largest absolute Gasteiger partial charge is 0.469 e. The lowest BCUT2D eigenvalue weighted by molar-refractivity contribution is -0.241. The molecule has 3 aromatic rings. The van der Waals surface area contributed by atoms with E-state index in [0.717, 1.165) is 29.8 Å². The van der Waals surface area contributed by atoms with E-state index < -0.39 is 27.0 Å². The molecule has 0 saturated heterocycles. The summed E-state index contributed by atoms with van der Waals surface area (Å²) in [5, 5.41) is -3.49. The molecule has 0 amide bonds. The zero-order chi connectivity index (χ0) is 24.6. The molecule has 12 heteroatoms. The van der Waals surface area contributed by atoms with Crippen molar-refractivity contribution in [3.05, 3.63) is 58.2 Å². The van der Waals surface area contributed by atoms with Gasteiger partial charge in [0.1, 0.15) is 5.01 Å². The number of thiazole rings is 1. The van der Waals surface area contributed by atoms with E-state index in [-0.39, 0.29) is 10.6 Å². The van der Waals surface area contributed by atoms with Crippen LogP contribution in [-0.2, 0) is 22.0 Å². The van der Waals surface area contributed by atoms with E-state index in [4.69, 9.17) is 11.6 Å². The average Bonchev–Trinajstić information content (AvgIpc) is 3.16. The molecule has 2 heterocycles. The first-order valence-corrected chi connectivity index (χ1v) is 12.5. The van der Waals surface area contributed by atoms with Gasteiger partial charge in [0.2, 0.25) is 9.84 Å². The van der Waals surface area contributed by atoms with Gasteiger partial charge in [-0.2, -0.15) is 22.0 Å². The van der Waals surface area contributed by atoms with Gasteiger partial charge >= 0.3 is 11.4 Å². The molecule has 2 aromatic heterocycles. The zero-order valence-corrected chi connectivity index (χ0v) is 19.7. The molecule has 0 aliphatic carbocycles. The lowest BCUT2D eigenvalue weighted by Crippen LogP contribution is -2.44. The van der Waals surface area contributed by atoms with Crippen LogP contribution in [0.5, 0.6) is 0 Å². The first-order chi connectivity index (χ1) is 15.2. The summed E-state index contributed by atoms with van der Waals surface area (Å²) >= 11 is 7.52.